The van der Waals surface area contributed by atoms with E-state index in [1.54, 1.807) is 0 Å². The van der Waals surface area contributed by atoms with E-state index in [0.29, 0.717) is 17.1 Å². The third kappa shape index (κ3) is 4.30. The molecule has 0 amide bonds. The number of aromatic nitrogens is 1. The van der Waals surface area contributed by atoms with E-state index in [1.165, 1.54) is 5.56 Å². The second kappa shape index (κ2) is 9.75. The molecule has 0 saturated heterocycles. The molecule has 0 atom stereocenters. The van der Waals surface area contributed by atoms with Crippen molar-refractivity contribution >= 4 is 35.5 Å². The van der Waals surface area contributed by atoms with Crippen LogP contribution in [-0.2, 0) is 0 Å². The van der Waals surface area contributed by atoms with Gasteiger partial charge >= 0.3 is 7.40 Å². The van der Waals surface area contributed by atoms with Gasteiger partial charge in [0.2, 0.25) is 0 Å². The van der Waals surface area contributed by atoms with E-state index in [2.05, 4.69) is 12.1 Å². The molecule has 184 valence electrons. The van der Waals surface area contributed by atoms with Crippen LogP contribution in [0.5, 0.6) is 0 Å². The van der Waals surface area contributed by atoms with Crippen LogP contribution < -0.4 is 0 Å². The highest BCUT2D eigenvalue weighted by molar-refractivity contribution is 6.43. The van der Waals surface area contributed by atoms with Gasteiger partial charge in [0.05, 0.1) is 11.4 Å². The maximum absolute atomic E-state index is 14.8. The monoisotopic (exact) mass is 498 g/mol. The molecule has 0 fully saturated rings. The normalized spacial score (nSPS) is 14.2. The van der Waals surface area contributed by atoms with Crippen LogP contribution in [0.4, 0.5) is 8.63 Å². The highest BCUT2D eigenvalue weighted by Gasteiger charge is 2.29. The lowest BCUT2D eigenvalue weighted by Gasteiger charge is -2.11. The molecular weight excluding hydrogens is 473 g/mol. The molecule has 2 nitrogen and oxygen atoms in total. The molecule has 1 aliphatic rings. The minimum atomic E-state index is -2.73. The van der Waals surface area contributed by atoms with E-state index in [9.17, 15) is 8.63 Å². The summed E-state index contributed by atoms with van der Waals surface area (Å²) in [6.07, 6.45) is 3.86. The molecule has 1 aliphatic heterocycles. The molecule has 0 spiro atoms. The zero-order valence-electron chi connectivity index (χ0n) is 21.2. The zero-order valence-corrected chi connectivity index (χ0v) is 21.2. The number of aryl methyl sites for hydroxylation is 2. The Labute approximate surface area is 221 Å². The summed E-state index contributed by atoms with van der Waals surface area (Å²) >= 11 is 0. The summed E-state index contributed by atoms with van der Waals surface area (Å²) in [5.41, 5.74) is 8.31. The maximum atomic E-state index is 14.8. The van der Waals surface area contributed by atoms with Crippen LogP contribution >= 0.6 is 0 Å². The summed E-state index contributed by atoms with van der Waals surface area (Å²) in [5, 5.41) is 1.55. The fraction of sp³-hybridized carbons (Fsp3) is 0.0606. The number of allylic oxidation sites excluding steroid dienone is 2. The topological polar surface area (TPSA) is 17.3 Å². The highest BCUT2D eigenvalue weighted by Crippen LogP contribution is 2.39. The Kier molecular flexibility index (Phi) is 6.12. The van der Waals surface area contributed by atoms with Gasteiger partial charge < -0.3 is 4.48 Å². The molecule has 0 N–H and O–H groups in total. The first-order chi connectivity index (χ1) is 18.5. The van der Waals surface area contributed by atoms with Gasteiger partial charge in [-0.3, -0.25) is 8.63 Å². The SMILES string of the molecule is Cc1ccc(C2=N/C(=C\c3c4ccccc4c(-c4ccc(C)cc4)n3B(F)F)C(c3ccccc3)=C2)cc1. The molecule has 6 rings (SSSR count). The lowest BCUT2D eigenvalue weighted by Crippen LogP contribution is -2.16. The minimum absolute atomic E-state index is 0.442. The second-order valence-electron chi connectivity index (χ2n) is 9.61. The summed E-state index contributed by atoms with van der Waals surface area (Å²) in [7, 11) is -2.73. The number of fused-ring (bicyclic) bond motifs is 1. The zero-order chi connectivity index (χ0) is 26.2. The molecule has 2 heterocycles. The second-order valence-corrected chi connectivity index (χ2v) is 9.61. The Morgan fingerprint density at radius 3 is 1.87 bits per heavy atom. The molecule has 5 aromatic rings. The van der Waals surface area contributed by atoms with E-state index < -0.39 is 7.40 Å². The van der Waals surface area contributed by atoms with Crippen molar-refractivity contribution < 1.29 is 8.63 Å². The lowest BCUT2D eigenvalue weighted by molar-refractivity contribution is 0.631. The molecule has 0 radical (unpaired) electrons. The summed E-state index contributed by atoms with van der Waals surface area (Å²) in [4.78, 5) is 4.97. The van der Waals surface area contributed by atoms with Crippen molar-refractivity contribution in [2.75, 3.05) is 0 Å². The predicted octanol–water partition coefficient (Wildman–Crippen LogP) is 8.62. The van der Waals surface area contributed by atoms with Crippen molar-refractivity contribution in [3.8, 4) is 11.3 Å². The number of halogens is 2. The van der Waals surface area contributed by atoms with Gasteiger partial charge in [-0.2, -0.15) is 0 Å². The van der Waals surface area contributed by atoms with Gasteiger partial charge in [-0.05, 0) is 37.1 Å². The number of rotatable bonds is 5. The van der Waals surface area contributed by atoms with Crippen molar-refractivity contribution in [1.82, 2.24) is 4.48 Å². The van der Waals surface area contributed by atoms with E-state index in [-0.39, 0.29) is 0 Å². The average molecular weight is 498 g/mol. The summed E-state index contributed by atoms with van der Waals surface area (Å²) in [6, 6.07) is 33.5. The largest absolute Gasteiger partial charge is 0.678 e. The first-order valence-corrected chi connectivity index (χ1v) is 12.6. The van der Waals surface area contributed by atoms with Crippen LogP contribution in [0.1, 0.15) is 27.9 Å². The minimum Gasteiger partial charge on any atom is -0.324 e. The van der Waals surface area contributed by atoms with Gasteiger partial charge in [0.1, 0.15) is 0 Å². The Bertz CT molecular complexity index is 1730. The van der Waals surface area contributed by atoms with Crippen LogP contribution in [0.2, 0.25) is 0 Å². The number of nitrogens with zero attached hydrogens (tertiary/aromatic N) is 2. The van der Waals surface area contributed by atoms with Crippen molar-refractivity contribution in [2.24, 2.45) is 4.99 Å². The van der Waals surface area contributed by atoms with Crippen LogP contribution in [0.25, 0.3) is 33.7 Å². The fourth-order valence-corrected chi connectivity index (χ4v) is 5.04. The molecule has 5 heteroatoms. The van der Waals surface area contributed by atoms with Gasteiger partial charge in [0, 0.05) is 33.3 Å². The molecule has 0 bridgehead atoms. The van der Waals surface area contributed by atoms with E-state index >= 15 is 0 Å². The lowest BCUT2D eigenvalue weighted by atomic mass is 10.0. The van der Waals surface area contributed by atoms with Crippen LogP contribution in [0, 0.1) is 13.8 Å². The first kappa shape index (κ1) is 23.9. The third-order valence-corrected chi connectivity index (χ3v) is 6.98. The Balaban J connectivity index is 1.60. The number of benzene rings is 4. The summed E-state index contributed by atoms with van der Waals surface area (Å²) in [5.74, 6) is 0. The average Bonchev–Trinajstić information content (AvgIpc) is 3.50. The van der Waals surface area contributed by atoms with E-state index in [4.69, 9.17) is 4.99 Å². The van der Waals surface area contributed by atoms with Crippen LogP contribution in [0.3, 0.4) is 0 Å². The van der Waals surface area contributed by atoms with Crippen LogP contribution in [-0.4, -0.2) is 17.6 Å². The summed E-state index contributed by atoms with van der Waals surface area (Å²) < 4.78 is 30.8. The van der Waals surface area contributed by atoms with E-state index in [0.717, 1.165) is 48.8 Å². The number of hydrogen-bond acceptors (Lipinski definition) is 1. The summed E-state index contributed by atoms with van der Waals surface area (Å²) in [6.45, 7) is 4.04. The van der Waals surface area contributed by atoms with Gasteiger partial charge in [-0.1, -0.05) is 114 Å². The molecule has 4 aromatic carbocycles. The van der Waals surface area contributed by atoms with Gasteiger partial charge in [-0.15, -0.1) is 0 Å². The molecule has 0 saturated carbocycles. The first-order valence-electron chi connectivity index (χ1n) is 12.6. The molecule has 0 unspecified atom stereocenters. The standard InChI is InChI=1S/C33H25BF2N2/c1-22-12-16-25(17-13-22)30-20-29(24-8-4-3-5-9-24)31(37-30)21-32-27-10-6-7-11-28(27)33(38(32)34(35)36)26-18-14-23(2)15-19-26/h3-21H,1-2H3/b31-21-. The van der Waals surface area contributed by atoms with Crippen molar-refractivity contribution in [3.63, 3.8) is 0 Å². The van der Waals surface area contributed by atoms with Gasteiger partial charge in [0.25, 0.3) is 0 Å². The Morgan fingerprint density at radius 1 is 0.658 bits per heavy atom. The van der Waals surface area contributed by atoms with Gasteiger partial charge in [0.15, 0.2) is 0 Å². The Morgan fingerprint density at radius 2 is 1.24 bits per heavy atom. The smallest absolute Gasteiger partial charge is 0.324 e. The van der Waals surface area contributed by atoms with E-state index in [1.807, 2.05) is 117 Å². The third-order valence-electron chi connectivity index (χ3n) is 6.98. The quantitative estimate of drug-likeness (QED) is 0.216. The van der Waals surface area contributed by atoms with Crippen molar-refractivity contribution in [3.05, 3.63) is 143 Å². The Hall–Kier alpha value is -4.51. The maximum Gasteiger partial charge on any atom is 0.678 e. The van der Waals surface area contributed by atoms with Crippen LogP contribution in [0.15, 0.2) is 120 Å². The molecule has 1 aromatic heterocycles. The molecular formula is C33H25BF2N2. The molecule has 0 aliphatic carbocycles. The van der Waals surface area contributed by atoms with Gasteiger partial charge in [-0.25, -0.2) is 4.99 Å². The molecule has 38 heavy (non-hydrogen) atoms. The fourth-order valence-electron chi connectivity index (χ4n) is 5.04. The predicted molar refractivity (Wildman–Crippen MR) is 156 cm³/mol. The highest BCUT2D eigenvalue weighted by atomic mass is 19.2. The number of hydrogen-bond donors (Lipinski definition) is 0. The van der Waals surface area contributed by atoms with Crippen molar-refractivity contribution in [2.45, 2.75) is 13.8 Å². The number of aliphatic imine (C=N–C) groups is 1. The van der Waals surface area contributed by atoms with Crippen molar-refractivity contribution in [1.29, 1.82) is 0 Å².